The predicted octanol–water partition coefficient (Wildman–Crippen LogP) is 2.44. The second kappa shape index (κ2) is 7.31. The Kier molecular flexibility index (Phi) is 6.05. The van der Waals surface area contributed by atoms with Crippen molar-refractivity contribution in [2.45, 2.75) is 25.5 Å². The van der Waals surface area contributed by atoms with E-state index < -0.39 is 10.8 Å². The van der Waals surface area contributed by atoms with Crippen molar-refractivity contribution in [3.63, 3.8) is 0 Å². The highest BCUT2D eigenvalue weighted by Gasteiger charge is 2.08. The summed E-state index contributed by atoms with van der Waals surface area (Å²) in [5.74, 6) is 1.33. The van der Waals surface area contributed by atoms with Crippen LogP contribution in [0.3, 0.4) is 0 Å². The zero-order valence-corrected chi connectivity index (χ0v) is 12.1. The molecule has 18 heavy (non-hydrogen) atoms. The molecule has 1 aromatic carbocycles. The standard InChI is InChI=1S/C14H21NO2S/c1-4-5-10-18(17)11-12-6-8-13(9-7-12)14(16)15(2)3/h6-9H,4-5,10-11H2,1-3H3/t18-/m1/s1. The lowest BCUT2D eigenvalue weighted by Crippen LogP contribution is -2.21. The van der Waals surface area contributed by atoms with Crippen LogP contribution in [0.15, 0.2) is 24.3 Å². The van der Waals surface area contributed by atoms with Gasteiger partial charge in [-0.05, 0) is 24.1 Å². The number of rotatable bonds is 6. The van der Waals surface area contributed by atoms with Gasteiger partial charge in [-0.2, -0.15) is 0 Å². The van der Waals surface area contributed by atoms with Crippen LogP contribution in [0.5, 0.6) is 0 Å². The van der Waals surface area contributed by atoms with Crippen molar-refractivity contribution in [1.29, 1.82) is 0 Å². The molecule has 0 radical (unpaired) electrons. The maximum Gasteiger partial charge on any atom is 0.253 e. The molecular weight excluding hydrogens is 246 g/mol. The number of hydrogen-bond donors (Lipinski definition) is 0. The number of nitrogens with zero attached hydrogens (tertiary/aromatic N) is 1. The van der Waals surface area contributed by atoms with Crippen molar-refractivity contribution >= 4 is 16.7 Å². The van der Waals surface area contributed by atoms with Crippen molar-refractivity contribution in [2.24, 2.45) is 0 Å². The van der Waals surface area contributed by atoms with Crippen LogP contribution < -0.4 is 0 Å². The van der Waals surface area contributed by atoms with Crippen LogP contribution in [0.25, 0.3) is 0 Å². The minimum absolute atomic E-state index is 0.00587. The highest BCUT2D eigenvalue weighted by Crippen LogP contribution is 2.09. The highest BCUT2D eigenvalue weighted by atomic mass is 32.2. The fraction of sp³-hybridized carbons (Fsp3) is 0.500. The van der Waals surface area contributed by atoms with Gasteiger partial charge >= 0.3 is 0 Å². The molecule has 0 saturated heterocycles. The molecule has 1 aromatic rings. The van der Waals surface area contributed by atoms with Crippen molar-refractivity contribution in [1.82, 2.24) is 4.90 Å². The Morgan fingerprint density at radius 2 is 1.83 bits per heavy atom. The van der Waals surface area contributed by atoms with Crippen molar-refractivity contribution in [3.8, 4) is 0 Å². The Labute approximate surface area is 112 Å². The van der Waals surface area contributed by atoms with E-state index in [4.69, 9.17) is 0 Å². The van der Waals surface area contributed by atoms with Crippen LogP contribution in [0.2, 0.25) is 0 Å². The van der Waals surface area contributed by atoms with E-state index in [9.17, 15) is 9.00 Å². The van der Waals surface area contributed by atoms with Gasteiger partial charge in [-0.15, -0.1) is 0 Å². The van der Waals surface area contributed by atoms with E-state index in [0.29, 0.717) is 11.3 Å². The number of amides is 1. The van der Waals surface area contributed by atoms with Gasteiger partial charge in [0.1, 0.15) is 0 Å². The SMILES string of the molecule is CCCC[S@@](=O)Cc1ccc(C(=O)N(C)C)cc1. The van der Waals surface area contributed by atoms with E-state index in [1.807, 2.05) is 12.1 Å². The second-order valence-corrected chi connectivity index (χ2v) is 6.11. The molecule has 0 aliphatic rings. The molecule has 0 aliphatic carbocycles. The summed E-state index contributed by atoms with van der Waals surface area (Å²) in [6.07, 6.45) is 2.08. The quantitative estimate of drug-likeness (QED) is 0.794. The lowest BCUT2D eigenvalue weighted by Gasteiger charge is -2.10. The van der Waals surface area contributed by atoms with Gasteiger partial charge in [0.2, 0.25) is 0 Å². The molecule has 0 heterocycles. The molecular formula is C14H21NO2S. The molecule has 0 aliphatic heterocycles. The Hall–Kier alpha value is -1.16. The number of benzene rings is 1. The van der Waals surface area contributed by atoms with Crippen LogP contribution in [-0.4, -0.2) is 34.9 Å². The van der Waals surface area contributed by atoms with Crippen molar-refractivity contribution in [3.05, 3.63) is 35.4 Å². The van der Waals surface area contributed by atoms with Gasteiger partial charge in [-0.3, -0.25) is 9.00 Å². The molecule has 100 valence electrons. The average Bonchev–Trinajstić information content (AvgIpc) is 2.36. The van der Waals surface area contributed by atoms with E-state index in [-0.39, 0.29) is 5.91 Å². The third-order valence-corrected chi connectivity index (χ3v) is 4.06. The molecule has 0 fully saturated rings. The summed E-state index contributed by atoms with van der Waals surface area (Å²) in [5.41, 5.74) is 1.70. The van der Waals surface area contributed by atoms with Crippen LogP contribution in [-0.2, 0) is 16.6 Å². The van der Waals surface area contributed by atoms with Gasteiger partial charge in [-0.1, -0.05) is 25.5 Å². The topological polar surface area (TPSA) is 37.4 Å². The fourth-order valence-corrected chi connectivity index (χ4v) is 2.88. The van der Waals surface area contributed by atoms with Crippen molar-refractivity contribution < 1.29 is 9.00 Å². The first-order valence-corrected chi connectivity index (χ1v) is 7.69. The minimum Gasteiger partial charge on any atom is -0.345 e. The normalized spacial score (nSPS) is 12.2. The molecule has 0 saturated carbocycles. The number of unbranched alkanes of at least 4 members (excludes halogenated alkanes) is 1. The smallest absolute Gasteiger partial charge is 0.253 e. The van der Waals surface area contributed by atoms with Gasteiger partial charge in [-0.25, -0.2) is 0 Å². The zero-order valence-electron chi connectivity index (χ0n) is 11.3. The summed E-state index contributed by atoms with van der Waals surface area (Å²) in [5, 5.41) is 0. The average molecular weight is 267 g/mol. The number of hydrogen-bond acceptors (Lipinski definition) is 2. The van der Waals surface area contributed by atoms with Crippen LogP contribution in [0.4, 0.5) is 0 Å². The Balaban J connectivity index is 2.60. The van der Waals surface area contributed by atoms with Gasteiger partial charge in [0.15, 0.2) is 0 Å². The molecule has 1 atom stereocenters. The zero-order chi connectivity index (χ0) is 13.5. The summed E-state index contributed by atoms with van der Waals surface area (Å²) >= 11 is 0. The summed E-state index contributed by atoms with van der Waals surface area (Å²) in [6.45, 7) is 2.10. The van der Waals surface area contributed by atoms with E-state index in [2.05, 4.69) is 6.92 Å². The van der Waals surface area contributed by atoms with Crippen molar-refractivity contribution in [2.75, 3.05) is 19.8 Å². The number of carbonyl (C=O) groups excluding carboxylic acids is 1. The first-order chi connectivity index (χ1) is 8.54. The molecule has 1 rings (SSSR count). The Morgan fingerprint density at radius 1 is 1.22 bits per heavy atom. The monoisotopic (exact) mass is 267 g/mol. The third kappa shape index (κ3) is 4.61. The molecule has 1 amide bonds. The van der Waals surface area contributed by atoms with E-state index in [0.717, 1.165) is 24.2 Å². The van der Waals surface area contributed by atoms with E-state index in [1.165, 1.54) is 0 Å². The van der Waals surface area contributed by atoms with E-state index >= 15 is 0 Å². The van der Waals surface area contributed by atoms with Gasteiger partial charge in [0.25, 0.3) is 5.91 Å². The lowest BCUT2D eigenvalue weighted by molar-refractivity contribution is 0.0827. The largest absolute Gasteiger partial charge is 0.345 e. The molecule has 0 unspecified atom stereocenters. The molecule has 0 aromatic heterocycles. The highest BCUT2D eigenvalue weighted by molar-refractivity contribution is 7.84. The fourth-order valence-electron chi connectivity index (χ4n) is 1.57. The van der Waals surface area contributed by atoms with Crippen LogP contribution >= 0.6 is 0 Å². The number of carbonyl (C=O) groups is 1. The van der Waals surface area contributed by atoms with Crippen LogP contribution in [0, 0.1) is 0 Å². The van der Waals surface area contributed by atoms with Gasteiger partial charge < -0.3 is 4.90 Å². The van der Waals surface area contributed by atoms with Gasteiger partial charge in [0.05, 0.1) is 0 Å². The van der Waals surface area contributed by atoms with E-state index in [1.54, 1.807) is 31.1 Å². The Bertz CT molecular complexity index is 412. The maximum atomic E-state index is 11.7. The summed E-state index contributed by atoms with van der Waals surface area (Å²) in [7, 11) is 2.67. The first-order valence-electron chi connectivity index (χ1n) is 6.20. The summed E-state index contributed by atoms with van der Waals surface area (Å²) < 4.78 is 11.7. The second-order valence-electron chi connectivity index (χ2n) is 4.54. The molecule has 4 heteroatoms. The minimum atomic E-state index is -0.792. The Morgan fingerprint density at radius 3 is 2.33 bits per heavy atom. The lowest BCUT2D eigenvalue weighted by atomic mass is 10.1. The van der Waals surface area contributed by atoms with Gasteiger partial charge in [0, 0.05) is 42.0 Å². The van der Waals surface area contributed by atoms with Crippen LogP contribution in [0.1, 0.15) is 35.7 Å². The molecule has 0 N–H and O–H groups in total. The molecule has 0 bridgehead atoms. The first kappa shape index (κ1) is 14.9. The molecule has 0 spiro atoms. The summed E-state index contributed by atoms with van der Waals surface area (Å²) in [4.78, 5) is 13.2. The predicted molar refractivity (Wildman–Crippen MR) is 76.1 cm³/mol. The summed E-state index contributed by atoms with van der Waals surface area (Å²) in [6, 6.07) is 7.38. The maximum absolute atomic E-state index is 11.7. The molecule has 3 nitrogen and oxygen atoms in total. The third-order valence-electron chi connectivity index (χ3n) is 2.66.